The Morgan fingerprint density at radius 3 is 2.77 bits per heavy atom. The number of carbonyl (C=O) groups excluding carboxylic acids is 1. The van der Waals surface area contributed by atoms with E-state index in [9.17, 15) is 9.59 Å². The van der Waals surface area contributed by atoms with Gasteiger partial charge < -0.3 is 9.47 Å². The van der Waals surface area contributed by atoms with Crippen LogP contribution in [0.4, 0.5) is 0 Å². The van der Waals surface area contributed by atoms with E-state index < -0.39 is 5.91 Å². The minimum Gasteiger partial charge on any atom is -0.493 e. The molecule has 0 saturated carbocycles. The molecule has 1 amide bonds. The Kier molecular flexibility index (Phi) is 7.62. The highest BCUT2D eigenvalue weighted by Crippen LogP contribution is 2.36. The maximum atomic E-state index is 13.2. The number of nitrogens with zero attached hydrogens (tertiary/aromatic N) is 3. The predicted molar refractivity (Wildman–Crippen MR) is 142 cm³/mol. The van der Waals surface area contributed by atoms with Crippen molar-refractivity contribution in [2.45, 2.75) is 20.4 Å². The van der Waals surface area contributed by atoms with Crippen LogP contribution in [0.2, 0.25) is 0 Å². The standard InChI is InChI=1S/C25H23BrN4O4S/c1-4-34-23-18(26)10-16(11-19(23)33-3)12-28-29-20(31)13-30-14-27-24-22(25(30)32)21(15(2)35-24)17-8-6-5-7-9-17/h5-12,14H,4,13H2,1-3H3,(H,29,31)/b28-12-. The van der Waals surface area contributed by atoms with Crippen LogP contribution in [0.3, 0.4) is 0 Å². The highest BCUT2D eigenvalue weighted by atomic mass is 79.9. The Morgan fingerprint density at radius 2 is 2.06 bits per heavy atom. The monoisotopic (exact) mass is 554 g/mol. The number of aromatic nitrogens is 2. The molecule has 35 heavy (non-hydrogen) atoms. The van der Waals surface area contributed by atoms with Gasteiger partial charge in [0, 0.05) is 10.4 Å². The van der Waals surface area contributed by atoms with Gasteiger partial charge in [-0.05, 0) is 53.0 Å². The van der Waals surface area contributed by atoms with Gasteiger partial charge in [0.1, 0.15) is 11.4 Å². The predicted octanol–water partition coefficient (Wildman–Crippen LogP) is 4.75. The van der Waals surface area contributed by atoms with Crippen molar-refractivity contribution >= 4 is 49.6 Å². The molecule has 2 aromatic heterocycles. The molecule has 0 bridgehead atoms. The number of hydrogen-bond acceptors (Lipinski definition) is 7. The Hall–Kier alpha value is -3.50. The van der Waals surface area contributed by atoms with E-state index in [1.54, 1.807) is 19.2 Å². The lowest BCUT2D eigenvalue weighted by atomic mass is 10.0. The number of carbonyl (C=O) groups is 1. The van der Waals surface area contributed by atoms with Crippen LogP contribution in [-0.2, 0) is 11.3 Å². The Bertz CT molecular complexity index is 1460. The van der Waals surface area contributed by atoms with Crippen LogP contribution in [0.25, 0.3) is 21.3 Å². The topological polar surface area (TPSA) is 94.8 Å². The molecule has 0 radical (unpaired) electrons. The van der Waals surface area contributed by atoms with Crippen molar-refractivity contribution in [3.63, 3.8) is 0 Å². The molecular formula is C25H23BrN4O4S. The summed E-state index contributed by atoms with van der Waals surface area (Å²) in [6.07, 6.45) is 2.88. The fraction of sp³-hybridized carbons (Fsp3) is 0.200. The van der Waals surface area contributed by atoms with E-state index in [1.807, 2.05) is 44.2 Å². The van der Waals surface area contributed by atoms with Gasteiger partial charge in [-0.15, -0.1) is 11.3 Å². The van der Waals surface area contributed by atoms with Gasteiger partial charge in [0.25, 0.3) is 11.5 Å². The molecule has 8 nitrogen and oxygen atoms in total. The van der Waals surface area contributed by atoms with Gasteiger partial charge in [-0.3, -0.25) is 14.2 Å². The smallest absolute Gasteiger partial charge is 0.263 e. The van der Waals surface area contributed by atoms with Crippen molar-refractivity contribution < 1.29 is 14.3 Å². The summed E-state index contributed by atoms with van der Waals surface area (Å²) in [5.74, 6) is 0.687. The van der Waals surface area contributed by atoms with Crippen LogP contribution in [0.5, 0.6) is 11.5 Å². The van der Waals surface area contributed by atoms with E-state index >= 15 is 0 Å². The average molecular weight is 555 g/mol. The fourth-order valence-corrected chi connectivity index (χ4v) is 5.25. The van der Waals surface area contributed by atoms with E-state index in [2.05, 4.69) is 31.4 Å². The van der Waals surface area contributed by atoms with E-state index in [4.69, 9.17) is 9.47 Å². The first-order valence-corrected chi connectivity index (χ1v) is 12.4. The summed E-state index contributed by atoms with van der Waals surface area (Å²) >= 11 is 4.92. The molecule has 2 aromatic carbocycles. The van der Waals surface area contributed by atoms with Gasteiger partial charge in [-0.25, -0.2) is 10.4 Å². The van der Waals surface area contributed by atoms with Crippen molar-refractivity contribution in [2.75, 3.05) is 13.7 Å². The number of fused-ring (bicyclic) bond motifs is 1. The lowest BCUT2D eigenvalue weighted by Crippen LogP contribution is -2.30. The summed E-state index contributed by atoms with van der Waals surface area (Å²) in [6, 6.07) is 13.3. The van der Waals surface area contributed by atoms with Crippen LogP contribution < -0.4 is 20.5 Å². The zero-order valence-corrected chi connectivity index (χ0v) is 21.8. The summed E-state index contributed by atoms with van der Waals surface area (Å²) < 4.78 is 12.9. The highest BCUT2D eigenvalue weighted by molar-refractivity contribution is 9.10. The van der Waals surface area contributed by atoms with Gasteiger partial charge in [-0.2, -0.15) is 5.10 Å². The number of benzene rings is 2. The summed E-state index contributed by atoms with van der Waals surface area (Å²) in [5.41, 5.74) is 4.68. The van der Waals surface area contributed by atoms with Crippen molar-refractivity contribution in [3.05, 3.63) is 74.1 Å². The quantitative estimate of drug-likeness (QED) is 0.250. The summed E-state index contributed by atoms with van der Waals surface area (Å²) in [7, 11) is 1.55. The molecule has 0 fully saturated rings. The second-order valence-corrected chi connectivity index (χ2v) is 9.57. The second kappa shape index (κ2) is 10.8. The molecule has 0 aliphatic heterocycles. The first kappa shape index (κ1) is 24.6. The van der Waals surface area contributed by atoms with Crippen molar-refractivity contribution in [1.82, 2.24) is 15.0 Å². The molecule has 4 aromatic rings. The lowest BCUT2D eigenvalue weighted by Gasteiger charge is -2.12. The van der Waals surface area contributed by atoms with Crippen LogP contribution in [0, 0.1) is 6.92 Å². The van der Waals surface area contributed by atoms with Gasteiger partial charge in [0.2, 0.25) is 0 Å². The molecule has 0 atom stereocenters. The molecule has 1 N–H and O–H groups in total. The van der Waals surface area contributed by atoms with Crippen LogP contribution in [0.1, 0.15) is 17.4 Å². The number of methoxy groups -OCH3 is 1. The Labute approximate surface area is 214 Å². The molecule has 0 aliphatic rings. The largest absolute Gasteiger partial charge is 0.493 e. The van der Waals surface area contributed by atoms with Gasteiger partial charge in [0.15, 0.2) is 11.5 Å². The number of thiophene rings is 1. The maximum Gasteiger partial charge on any atom is 0.263 e. The van der Waals surface area contributed by atoms with Crippen LogP contribution in [-0.4, -0.2) is 35.4 Å². The SMILES string of the molecule is CCOc1c(Br)cc(/C=N\NC(=O)Cn2cnc3sc(C)c(-c4ccccc4)c3c2=O)cc1OC. The van der Waals surface area contributed by atoms with Crippen molar-refractivity contribution in [1.29, 1.82) is 0 Å². The number of hydrogen-bond donors (Lipinski definition) is 1. The molecule has 10 heteroatoms. The number of aryl methyl sites for hydroxylation is 1. The first-order valence-electron chi connectivity index (χ1n) is 10.8. The lowest BCUT2D eigenvalue weighted by molar-refractivity contribution is -0.121. The number of rotatable bonds is 8. The molecule has 4 rings (SSSR count). The van der Waals surface area contributed by atoms with E-state index in [-0.39, 0.29) is 12.1 Å². The normalized spacial score (nSPS) is 11.2. The summed E-state index contributed by atoms with van der Waals surface area (Å²) in [6.45, 7) is 4.14. The van der Waals surface area contributed by atoms with Gasteiger partial charge in [0.05, 0.1) is 36.1 Å². The first-order chi connectivity index (χ1) is 16.9. The molecule has 0 spiro atoms. The Morgan fingerprint density at radius 1 is 1.29 bits per heavy atom. The number of ether oxygens (including phenoxy) is 2. The third-order valence-corrected chi connectivity index (χ3v) is 6.78. The third-order valence-electron chi connectivity index (χ3n) is 5.17. The number of hydrazone groups is 1. The van der Waals surface area contributed by atoms with Crippen molar-refractivity contribution in [2.24, 2.45) is 5.10 Å². The number of halogens is 1. The van der Waals surface area contributed by atoms with E-state index in [0.29, 0.717) is 38.4 Å². The summed E-state index contributed by atoms with van der Waals surface area (Å²) in [5, 5.41) is 4.53. The fourth-order valence-electron chi connectivity index (χ4n) is 3.67. The molecule has 0 unspecified atom stereocenters. The number of nitrogens with one attached hydrogen (secondary N) is 1. The zero-order chi connectivity index (χ0) is 24.9. The van der Waals surface area contributed by atoms with Gasteiger partial charge >= 0.3 is 0 Å². The van der Waals surface area contributed by atoms with E-state index in [0.717, 1.165) is 16.0 Å². The highest BCUT2D eigenvalue weighted by Gasteiger charge is 2.17. The van der Waals surface area contributed by atoms with Crippen LogP contribution >= 0.6 is 27.3 Å². The van der Waals surface area contributed by atoms with Gasteiger partial charge in [-0.1, -0.05) is 30.3 Å². The van der Waals surface area contributed by atoms with Crippen LogP contribution in [0.15, 0.2) is 63.2 Å². The number of amides is 1. The molecular weight excluding hydrogens is 532 g/mol. The van der Waals surface area contributed by atoms with Crippen molar-refractivity contribution in [3.8, 4) is 22.6 Å². The zero-order valence-electron chi connectivity index (χ0n) is 19.4. The average Bonchev–Trinajstić information content (AvgIpc) is 3.19. The molecule has 180 valence electrons. The minimum atomic E-state index is -0.449. The van der Waals surface area contributed by atoms with E-state index in [1.165, 1.54) is 28.4 Å². The molecule has 2 heterocycles. The third kappa shape index (κ3) is 5.28. The minimum absolute atomic E-state index is 0.210. The maximum absolute atomic E-state index is 13.2. The second-order valence-electron chi connectivity index (χ2n) is 7.52. The molecule has 0 aliphatic carbocycles. The molecule has 0 saturated heterocycles. The Balaban J connectivity index is 1.53. The summed E-state index contributed by atoms with van der Waals surface area (Å²) in [4.78, 5) is 31.8.